The summed E-state index contributed by atoms with van der Waals surface area (Å²) < 4.78 is 13.4. The maximum Gasteiger partial charge on any atom is 0.197 e. The zero-order valence-electron chi connectivity index (χ0n) is 9.35. The monoisotopic (exact) mass is 256 g/mol. The molecule has 0 radical (unpaired) electrons. The molecule has 1 N–H and O–H groups in total. The van der Waals surface area contributed by atoms with Gasteiger partial charge in [0.05, 0.1) is 5.69 Å². The molecule has 18 heavy (non-hydrogen) atoms. The minimum atomic E-state index is -0.260. The topological polar surface area (TPSA) is 28.7 Å². The maximum atomic E-state index is 12.9. The predicted octanol–water partition coefficient (Wildman–Crippen LogP) is 4.10. The van der Waals surface area contributed by atoms with E-state index in [2.05, 4.69) is 9.97 Å². The minimum absolute atomic E-state index is 0.260. The van der Waals surface area contributed by atoms with Gasteiger partial charge in [0.15, 0.2) is 4.77 Å². The Hall–Kier alpha value is -2.07. The molecule has 2 aromatic carbocycles. The fraction of sp³-hybridized carbons (Fsp3) is 0. The lowest BCUT2D eigenvalue weighted by atomic mass is 10.1. The number of halogens is 1. The highest BCUT2D eigenvalue weighted by molar-refractivity contribution is 7.71. The summed E-state index contributed by atoms with van der Waals surface area (Å²) in [6.07, 6.45) is 0. The first-order chi connectivity index (χ1) is 8.74. The Morgan fingerprint density at radius 1 is 1.00 bits per heavy atom. The number of H-pyrrole nitrogens is 1. The molecular formula is C14H9FN2S. The summed E-state index contributed by atoms with van der Waals surface area (Å²) in [4.78, 5) is 7.38. The normalized spacial score (nSPS) is 10.7. The van der Waals surface area contributed by atoms with Crippen molar-refractivity contribution in [2.75, 3.05) is 0 Å². The maximum absolute atomic E-state index is 12.9. The number of aromatic amines is 1. The van der Waals surface area contributed by atoms with E-state index < -0.39 is 0 Å². The van der Waals surface area contributed by atoms with E-state index in [1.165, 1.54) is 12.1 Å². The van der Waals surface area contributed by atoms with Crippen molar-refractivity contribution in [1.29, 1.82) is 0 Å². The average molecular weight is 256 g/mol. The van der Waals surface area contributed by atoms with E-state index in [1.807, 2.05) is 24.3 Å². The van der Waals surface area contributed by atoms with Crippen LogP contribution in [0.15, 0.2) is 48.5 Å². The van der Waals surface area contributed by atoms with E-state index in [0.717, 1.165) is 22.2 Å². The lowest BCUT2D eigenvalue weighted by Crippen LogP contribution is -1.90. The van der Waals surface area contributed by atoms with Gasteiger partial charge in [0.25, 0.3) is 0 Å². The second-order valence-corrected chi connectivity index (χ2v) is 4.33. The van der Waals surface area contributed by atoms with Crippen molar-refractivity contribution in [3.05, 3.63) is 59.1 Å². The number of aromatic nitrogens is 2. The molecule has 0 atom stereocenters. The third-order valence-corrected chi connectivity index (χ3v) is 2.95. The Balaban J connectivity index is 2.34. The van der Waals surface area contributed by atoms with Gasteiger partial charge in [0, 0.05) is 16.5 Å². The lowest BCUT2D eigenvalue weighted by molar-refractivity contribution is 0.628. The van der Waals surface area contributed by atoms with Crippen LogP contribution < -0.4 is 0 Å². The largest absolute Gasteiger partial charge is 0.330 e. The van der Waals surface area contributed by atoms with E-state index in [9.17, 15) is 4.39 Å². The highest BCUT2D eigenvalue weighted by Gasteiger charge is 2.06. The van der Waals surface area contributed by atoms with Gasteiger partial charge in [-0.2, -0.15) is 0 Å². The Bertz CT molecular complexity index is 763. The summed E-state index contributed by atoms with van der Waals surface area (Å²) in [5.74, 6) is -0.260. The second-order valence-electron chi connectivity index (χ2n) is 3.94. The van der Waals surface area contributed by atoms with Crippen LogP contribution in [0, 0.1) is 10.6 Å². The van der Waals surface area contributed by atoms with Gasteiger partial charge in [-0.1, -0.05) is 18.2 Å². The molecule has 0 aliphatic carbocycles. The van der Waals surface area contributed by atoms with Crippen molar-refractivity contribution >= 4 is 23.1 Å². The highest BCUT2D eigenvalue weighted by Crippen LogP contribution is 2.25. The standard InChI is InChI=1S/C14H9FN2S/c15-10-7-5-9(6-8-10)13-11-3-1-2-4-12(11)16-14(18)17-13/h1-8H,(H,16,17,18). The van der Waals surface area contributed by atoms with Crippen LogP contribution in [0.5, 0.6) is 0 Å². The van der Waals surface area contributed by atoms with Gasteiger partial charge in [0.1, 0.15) is 5.82 Å². The fourth-order valence-corrected chi connectivity index (χ4v) is 2.13. The summed E-state index contributed by atoms with van der Waals surface area (Å²) in [5, 5.41) is 0.970. The van der Waals surface area contributed by atoms with Gasteiger partial charge in [0.2, 0.25) is 0 Å². The number of benzene rings is 2. The minimum Gasteiger partial charge on any atom is -0.330 e. The zero-order chi connectivity index (χ0) is 12.5. The molecule has 0 aliphatic rings. The first kappa shape index (κ1) is 11.0. The van der Waals surface area contributed by atoms with Gasteiger partial charge < -0.3 is 4.98 Å². The van der Waals surface area contributed by atoms with Crippen molar-refractivity contribution in [2.45, 2.75) is 0 Å². The molecule has 1 aromatic heterocycles. The molecule has 0 unspecified atom stereocenters. The Morgan fingerprint density at radius 3 is 2.50 bits per heavy atom. The fourth-order valence-electron chi connectivity index (χ4n) is 1.93. The molecule has 0 saturated carbocycles. The average Bonchev–Trinajstić information content (AvgIpc) is 2.38. The second kappa shape index (κ2) is 4.31. The van der Waals surface area contributed by atoms with Gasteiger partial charge in [-0.25, -0.2) is 9.37 Å². The van der Waals surface area contributed by atoms with Crippen molar-refractivity contribution < 1.29 is 4.39 Å². The number of hydrogen-bond acceptors (Lipinski definition) is 2. The lowest BCUT2D eigenvalue weighted by Gasteiger charge is -2.05. The molecule has 0 bridgehead atoms. The molecule has 0 aliphatic heterocycles. The summed E-state index contributed by atoms with van der Waals surface area (Å²) in [6.45, 7) is 0. The molecule has 3 rings (SSSR count). The van der Waals surface area contributed by atoms with Crippen molar-refractivity contribution in [2.24, 2.45) is 0 Å². The predicted molar refractivity (Wildman–Crippen MR) is 72.3 cm³/mol. The molecule has 0 amide bonds. The smallest absolute Gasteiger partial charge is 0.197 e. The SMILES string of the molecule is Fc1ccc(-c2nc(=S)[nH]c3ccccc23)cc1. The summed E-state index contributed by atoms with van der Waals surface area (Å²) >= 11 is 5.11. The quantitative estimate of drug-likeness (QED) is 0.664. The highest BCUT2D eigenvalue weighted by atomic mass is 32.1. The number of nitrogens with zero attached hydrogens (tertiary/aromatic N) is 1. The molecule has 3 aromatic rings. The van der Waals surface area contributed by atoms with Crippen molar-refractivity contribution in [1.82, 2.24) is 9.97 Å². The summed E-state index contributed by atoms with van der Waals surface area (Å²) in [7, 11) is 0. The summed E-state index contributed by atoms with van der Waals surface area (Å²) in [6, 6.07) is 14.0. The van der Waals surface area contributed by atoms with Gasteiger partial charge in [-0.05, 0) is 42.5 Å². The van der Waals surface area contributed by atoms with E-state index in [4.69, 9.17) is 12.2 Å². The number of nitrogens with one attached hydrogen (secondary N) is 1. The van der Waals surface area contributed by atoms with E-state index in [0.29, 0.717) is 4.77 Å². The van der Waals surface area contributed by atoms with Crippen LogP contribution in [-0.2, 0) is 0 Å². The van der Waals surface area contributed by atoms with Gasteiger partial charge in [-0.3, -0.25) is 0 Å². The molecule has 0 fully saturated rings. The van der Waals surface area contributed by atoms with E-state index in [1.54, 1.807) is 12.1 Å². The zero-order valence-corrected chi connectivity index (χ0v) is 10.2. The Morgan fingerprint density at radius 2 is 1.72 bits per heavy atom. The molecule has 88 valence electrons. The Kier molecular flexibility index (Phi) is 2.64. The Labute approximate surface area is 108 Å². The van der Waals surface area contributed by atoms with Crippen LogP contribution in [0.3, 0.4) is 0 Å². The molecule has 0 saturated heterocycles. The van der Waals surface area contributed by atoms with Crippen molar-refractivity contribution in [3.8, 4) is 11.3 Å². The van der Waals surface area contributed by atoms with Gasteiger partial charge in [-0.15, -0.1) is 0 Å². The molecule has 2 nitrogen and oxygen atoms in total. The number of rotatable bonds is 1. The summed E-state index contributed by atoms with van der Waals surface area (Å²) in [5.41, 5.74) is 2.55. The number of para-hydroxylation sites is 1. The van der Waals surface area contributed by atoms with Crippen LogP contribution in [0.4, 0.5) is 4.39 Å². The number of fused-ring (bicyclic) bond motifs is 1. The molecule has 4 heteroatoms. The first-order valence-corrected chi connectivity index (χ1v) is 5.90. The van der Waals surface area contributed by atoms with Crippen LogP contribution in [0.2, 0.25) is 0 Å². The molecule has 0 spiro atoms. The van der Waals surface area contributed by atoms with Gasteiger partial charge >= 0.3 is 0 Å². The van der Waals surface area contributed by atoms with Crippen LogP contribution in [-0.4, -0.2) is 9.97 Å². The van der Waals surface area contributed by atoms with E-state index in [-0.39, 0.29) is 5.82 Å². The number of hydrogen-bond donors (Lipinski definition) is 1. The van der Waals surface area contributed by atoms with Crippen LogP contribution in [0.25, 0.3) is 22.2 Å². The molecular weight excluding hydrogens is 247 g/mol. The van der Waals surface area contributed by atoms with Crippen LogP contribution >= 0.6 is 12.2 Å². The molecule has 1 heterocycles. The van der Waals surface area contributed by atoms with Crippen LogP contribution in [0.1, 0.15) is 0 Å². The first-order valence-electron chi connectivity index (χ1n) is 5.49. The third-order valence-electron chi connectivity index (χ3n) is 2.75. The van der Waals surface area contributed by atoms with E-state index >= 15 is 0 Å². The third kappa shape index (κ3) is 1.91. The van der Waals surface area contributed by atoms with Crippen molar-refractivity contribution in [3.63, 3.8) is 0 Å².